The standard InChI is InChI=1S/C12H24N2O4S/c1-12(2,3)18-11(15)5-6-13-7-9-14(10-8-13)19(4,16)17/h5-10H2,1-4H3. The SMILES string of the molecule is CC(C)(C)OC(=O)CCN1CCN(S(C)(=O)=O)CC1. The normalized spacial score (nSPS) is 19.4. The molecule has 6 nitrogen and oxygen atoms in total. The highest BCUT2D eigenvalue weighted by Crippen LogP contribution is 2.10. The van der Waals surface area contributed by atoms with Gasteiger partial charge in [0, 0.05) is 32.7 Å². The molecule has 112 valence electrons. The van der Waals surface area contributed by atoms with Crippen molar-refractivity contribution in [2.45, 2.75) is 32.8 Å². The van der Waals surface area contributed by atoms with E-state index in [9.17, 15) is 13.2 Å². The second-order valence-corrected chi connectivity index (χ2v) is 7.82. The highest BCUT2D eigenvalue weighted by atomic mass is 32.2. The number of rotatable bonds is 4. The Morgan fingerprint density at radius 3 is 2.11 bits per heavy atom. The lowest BCUT2D eigenvalue weighted by Crippen LogP contribution is -2.48. The van der Waals surface area contributed by atoms with Crippen molar-refractivity contribution in [1.82, 2.24) is 9.21 Å². The molecule has 1 aliphatic rings. The average Bonchev–Trinajstić information content (AvgIpc) is 2.23. The molecule has 0 bridgehead atoms. The molecule has 0 aromatic carbocycles. The third kappa shape index (κ3) is 6.35. The topological polar surface area (TPSA) is 66.9 Å². The predicted molar refractivity (Wildman–Crippen MR) is 73.3 cm³/mol. The number of sulfonamides is 1. The number of nitrogens with zero attached hydrogens (tertiary/aromatic N) is 2. The summed E-state index contributed by atoms with van der Waals surface area (Å²) in [5, 5.41) is 0. The van der Waals surface area contributed by atoms with Crippen molar-refractivity contribution in [2.24, 2.45) is 0 Å². The summed E-state index contributed by atoms with van der Waals surface area (Å²) in [6, 6.07) is 0. The van der Waals surface area contributed by atoms with Gasteiger partial charge >= 0.3 is 5.97 Å². The van der Waals surface area contributed by atoms with Crippen LogP contribution in [0.25, 0.3) is 0 Å². The molecule has 0 aromatic heterocycles. The minimum atomic E-state index is -3.09. The molecule has 0 N–H and O–H groups in total. The van der Waals surface area contributed by atoms with Crippen LogP contribution in [0.3, 0.4) is 0 Å². The highest BCUT2D eigenvalue weighted by Gasteiger charge is 2.24. The number of piperazine rings is 1. The van der Waals surface area contributed by atoms with Gasteiger partial charge in [0.25, 0.3) is 0 Å². The monoisotopic (exact) mass is 292 g/mol. The lowest BCUT2D eigenvalue weighted by molar-refractivity contribution is -0.155. The molecule has 19 heavy (non-hydrogen) atoms. The van der Waals surface area contributed by atoms with Gasteiger partial charge in [-0.2, -0.15) is 4.31 Å². The van der Waals surface area contributed by atoms with Crippen molar-refractivity contribution in [3.63, 3.8) is 0 Å². The van der Waals surface area contributed by atoms with Crippen LogP contribution in [0.2, 0.25) is 0 Å². The Morgan fingerprint density at radius 2 is 1.68 bits per heavy atom. The maximum Gasteiger partial charge on any atom is 0.307 e. The van der Waals surface area contributed by atoms with Crippen LogP contribution >= 0.6 is 0 Å². The summed E-state index contributed by atoms with van der Waals surface area (Å²) in [5.74, 6) is -0.210. The molecule has 1 aliphatic heterocycles. The Hall–Kier alpha value is -0.660. The van der Waals surface area contributed by atoms with Gasteiger partial charge in [-0.1, -0.05) is 0 Å². The van der Waals surface area contributed by atoms with Gasteiger partial charge in [0.05, 0.1) is 12.7 Å². The van der Waals surface area contributed by atoms with Crippen LogP contribution in [0.1, 0.15) is 27.2 Å². The van der Waals surface area contributed by atoms with Crippen LogP contribution in [0.4, 0.5) is 0 Å². The van der Waals surface area contributed by atoms with Crippen LogP contribution < -0.4 is 0 Å². The van der Waals surface area contributed by atoms with E-state index in [1.165, 1.54) is 10.6 Å². The first-order valence-electron chi connectivity index (χ1n) is 6.47. The number of esters is 1. The quantitative estimate of drug-likeness (QED) is 0.697. The summed E-state index contributed by atoms with van der Waals surface area (Å²) in [5.41, 5.74) is -0.452. The van der Waals surface area contributed by atoms with E-state index in [1.54, 1.807) is 0 Å². The second kappa shape index (κ2) is 6.19. The number of hydrogen-bond donors (Lipinski definition) is 0. The van der Waals surface area contributed by atoms with Crippen LogP contribution in [0.5, 0.6) is 0 Å². The summed E-state index contributed by atoms with van der Waals surface area (Å²) in [4.78, 5) is 13.7. The molecule has 7 heteroatoms. The van der Waals surface area contributed by atoms with Crippen LogP contribution in [-0.2, 0) is 19.6 Å². The number of carbonyl (C=O) groups is 1. The highest BCUT2D eigenvalue weighted by molar-refractivity contribution is 7.88. The zero-order valence-corrected chi connectivity index (χ0v) is 13.0. The fraction of sp³-hybridized carbons (Fsp3) is 0.917. The number of carbonyl (C=O) groups excluding carboxylic acids is 1. The molecule has 0 aliphatic carbocycles. The van der Waals surface area contributed by atoms with Gasteiger partial charge in [0.15, 0.2) is 0 Å². The minimum Gasteiger partial charge on any atom is -0.460 e. The summed E-state index contributed by atoms with van der Waals surface area (Å²) < 4.78 is 29.4. The number of ether oxygens (including phenoxy) is 1. The molecule has 0 aromatic rings. The summed E-state index contributed by atoms with van der Waals surface area (Å²) >= 11 is 0. The van der Waals surface area contributed by atoms with Gasteiger partial charge in [-0.25, -0.2) is 8.42 Å². The van der Waals surface area contributed by atoms with E-state index in [-0.39, 0.29) is 5.97 Å². The van der Waals surface area contributed by atoms with Gasteiger partial charge in [-0.05, 0) is 20.8 Å². The Balaban J connectivity index is 2.29. The van der Waals surface area contributed by atoms with Gasteiger partial charge in [-0.3, -0.25) is 4.79 Å². The molecule has 0 radical (unpaired) electrons. The molecule has 1 fully saturated rings. The third-order valence-electron chi connectivity index (χ3n) is 2.85. The van der Waals surface area contributed by atoms with Crippen molar-refractivity contribution >= 4 is 16.0 Å². The Kier molecular flexibility index (Phi) is 5.34. The maximum atomic E-state index is 11.6. The van der Waals surface area contributed by atoms with E-state index in [1.807, 2.05) is 20.8 Å². The average molecular weight is 292 g/mol. The predicted octanol–water partition coefficient (Wildman–Crippen LogP) is 0.295. The fourth-order valence-electron chi connectivity index (χ4n) is 1.93. The molecule has 0 atom stereocenters. The summed E-state index contributed by atoms with van der Waals surface area (Å²) in [6.07, 6.45) is 1.57. The molecule has 0 unspecified atom stereocenters. The van der Waals surface area contributed by atoms with Gasteiger partial charge < -0.3 is 9.64 Å². The largest absolute Gasteiger partial charge is 0.460 e. The Labute approximate surface area is 115 Å². The van der Waals surface area contributed by atoms with Crippen molar-refractivity contribution in [3.8, 4) is 0 Å². The van der Waals surface area contributed by atoms with E-state index < -0.39 is 15.6 Å². The van der Waals surface area contributed by atoms with Crippen LogP contribution in [-0.4, -0.2) is 68.2 Å². The van der Waals surface area contributed by atoms with E-state index in [0.29, 0.717) is 39.1 Å². The van der Waals surface area contributed by atoms with Crippen molar-refractivity contribution in [1.29, 1.82) is 0 Å². The molecule has 1 rings (SSSR count). The van der Waals surface area contributed by atoms with E-state index in [4.69, 9.17) is 4.74 Å². The Bertz CT molecular complexity index is 406. The number of hydrogen-bond acceptors (Lipinski definition) is 5. The third-order valence-corrected chi connectivity index (χ3v) is 4.16. The molecule has 1 saturated heterocycles. The molecular formula is C12H24N2O4S. The molecular weight excluding hydrogens is 268 g/mol. The zero-order chi connectivity index (χ0) is 14.7. The van der Waals surface area contributed by atoms with Crippen LogP contribution in [0.15, 0.2) is 0 Å². The summed E-state index contributed by atoms with van der Waals surface area (Å²) in [6.45, 7) is 8.46. The first-order chi connectivity index (χ1) is 8.58. The first-order valence-corrected chi connectivity index (χ1v) is 8.32. The molecule has 1 heterocycles. The molecule has 0 saturated carbocycles. The lowest BCUT2D eigenvalue weighted by Gasteiger charge is -2.33. The van der Waals surface area contributed by atoms with E-state index in [0.717, 1.165) is 0 Å². The van der Waals surface area contributed by atoms with Crippen molar-refractivity contribution in [3.05, 3.63) is 0 Å². The van der Waals surface area contributed by atoms with Gasteiger partial charge in [-0.15, -0.1) is 0 Å². The van der Waals surface area contributed by atoms with Crippen LogP contribution in [0, 0.1) is 0 Å². The molecule has 0 amide bonds. The molecule has 0 spiro atoms. The van der Waals surface area contributed by atoms with Crippen molar-refractivity contribution < 1.29 is 17.9 Å². The van der Waals surface area contributed by atoms with E-state index >= 15 is 0 Å². The fourth-order valence-corrected chi connectivity index (χ4v) is 2.75. The Morgan fingerprint density at radius 1 is 1.16 bits per heavy atom. The van der Waals surface area contributed by atoms with Crippen molar-refractivity contribution in [2.75, 3.05) is 39.0 Å². The second-order valence-electron chi connectivity index (χ2n) is 5.84. The smallest absolute Gasteiger partial charge is 0.307 e. The maximum absolute atomic E-state index is 11.6. The zero-order valence-electron chi connectivity index (χ0n) is 12.2. The van der Waals surface area contributed by atoms with E-state index in [2.05, 4.69) is 4.90 Å². The van der Waals surface area contributed by atoms with Gasteiger partial charge in [0.2, 0.25) is 10.0 Å². The first kappa shape index (κ1) is 16.4. The lowest BCUT2D eigenvalue weighted by atomic mass is 10.2. The summed E-state index contributed by atoms with van der Waals surface area (Å²) in [7, 11) is -3.09. The minimum absolute atomic E-state index is 0.210. The van der Waals surface area contributed by atoms with Gasteiger partial charge in [0.1, 0.15) is 5.60 Å².